The van der Waals surface area contributed by atoms with Gasteiger partial charge in [0.2, 0.25) is 5.95 Å². The number of anilines is 4. The fourth-order valence-electron chi connectivity index (χ4n) is 4.35. The molecule has 0 spiro atoms. The van der Waals surface area contributed by atoms with Gasteiger partial charge in [-0.15, -0.1) is 0 Å². The van der Waals surface area contributed by atoms with E-state index in [0.717, 1.165) is 36.4 Å². The molecule has 2 fully saturated rings. The van der Waals surface area contributed by atoms with Gasteiger partial charge >= 0.3 is 0 Å². The molecule has 5 nitrogen and oxygen atoms in total. The summed E-state index contributed by atoms with van der Waals surface area (Å²) in [5, 5.41) is 3.50. The molecular weight excluding hydrogens is 346 g/mol. The van der Waals surface area contributed by atoms with Crippen LogP contribution in [0.25, 0.3) is 0 Å². The van der Waals surface area contributed by atoms with E-state index in [-0.39, 0.29) is 0 Å². The summed E-state index contributed by atoms with van der Waals surface area (Å²) in [6, 6.07) is 11.2. The molecule has 1 aliphatic heterocycles. The first-order valence-electron chi connectivity index (χ1n) is 10.9. The Kier molecular flexibility index (Phi) is 5.98. The zero-order valence-corrected chi connectivity index (χ0v) is 17.3. The normalized spacial score (nSPS) is 18.1. The van der Waals surface area contributed by atoms with Gasteiger partial charge in [0.1, 0.15) is 11.6 Å². The summed E-state index contributed by atoms with van der Waals surface area (Å²) in [5.74, 6) is 2.80. The lowest BCUT2D eigenvalue weighted by Crippen LogP contribution is -2.36. The number of hydrogen-bond donors (Lipinski definition) is 1. The highest BCUT2D eigenvalue weighted by molar-refractivity contribution is 5.62. The molecule has 1 saturated heterocycles. The SMILES string of the molecule is Cc1ccc(Nc2cc(N3CCCCC3)nc(N(C)C3CCCCC3)n2)cc1. The first kappa shape index (κ1) is 19.0. The van der Waals surface area contributed by atoms with Crippen molar-refractivity contribution in [2.75, 3.05) is 35.3 Å². The largest absolute Gasteiger partial charge is 0.356 e. The second-order valence-corrected chi connectivity index (χ2v) is 8.35. The minimum Gasteiger partial charge on any atom is -0.356 e. The zero-order valence-electron chi connectivity index (χ0n) is 17.3. The Hall–Kier alpha value is -2.30. The van der Waals surface area contributed by atoms with Crippen molar-refractivity contribution in [2.24, 2.45) is 0 Å². The molecular formula is C23H33N5. The number of aryl methyl sites for hydroxylation is 1. The summed E-state index contributed by atoms with van der Waals surface area (Å²) in [7, 11) is 2.17. The summed E-state index contributed by atoms with van der Waals surface area (Å²) < 4.78 is 0. The summed E-state index contributed by atoms with van der Waals surface area (Å²) in [6.45, 7) is 4.29. The molecule has 1 saturated carbocycles. The van der Waals surface area contributed by atoms with Gasteiger partial charge in [0, 0.05) is 37.9 Å². The lowest BCUT2D eigenvalue weighted by Gasteiger charge is -2.33. The highest BCUT2D eigenvalue weighted by Gasteiger charge is 2.22. The molecule has 5 heteroatoms. The third-order valence-corrected chi connectivity index (χ3v) is 6.14. The summed E-state index contributed by atoms with van der Waals surface area (Å²) in [5.41, 5.74) is 2.33. The van der Waals surface area contributed by atoms with Crippen LogP contribution in [0.2, 0.25) is 0 Å². The molecule has 0 amide bonds. The maximum absolute atomic E-state index is 4.99. The van der Waals surface area contributed by atoms with Crippen LogP contribution >= 0.6 is 0 Å². The standard InChI is InChI=1S/C23H33N5/c1-18-11-13-19(14-12-18)24-21-17-22(28-15-7-4-8-16-28)26-23(25-21)27(2)20-9-5-3-6-10-20/h11-14,17,20H,3-10,15-16H2,1-2H3,(H,24,25,26). The van der Waals surface area contributed by atoms with Crippen molar-refractivity contribution in [3.05, 3.63) is 35.9 Å². The van der Waals surface area contributed by atoms with E-state index in [1.165, 1.54) is 56.9 Å². The van der Waals surface area contributed by atoms with Gasteiger partial charge in [0.25, 0.3) is 0 Å². The van der Waals surface area contributed by atoms with Gasteiger partial charge in [-0.2, -0.15) is 9.97 Å². The third kappa shape index (κ3) is 4.57. The second kappa shape index (κ2) is 8.80. The van der Waals surface area contributed by atoms with Crippen molar-refractivity contribution in [1.82, 2.24) is 9.97 Å². The number of aromatic nitrogens is 2. The molecule has 1 aliphatic carbocycles. The van der Waals surface area contributed by atoms with Crippen LogP contribution in [0.4, 0.5) is 23.3 Å². The van der Waals surface area contributed by atoms with Gasteiger partial charge in [-0.1, -0.05) is 37.0 Å². The maximum Gasteiger partial charge on any atom is 0.229 e. The molecule has 4 rings (SSSR count). The molecule has 1 aromatic heterocycles. The predicted octanol–water partition coefficient (Wildman–Crippen LogP) is 5.29. The smallest absolute Gasteiger partial charge is 0.229 e. The van der Waals surface area contributed by atoms with E-state index in [0.29, 0.717) is 6.04 Å². The molecule has 0 radical (unpaired) electrons. The molecule has 1 aromatic carbocycles. The van der Waals surface area contributed by atoms with Crippen molar-refractivity contribution in [1.29, 1.82) is 0 Å². The summed E-state index contributed by atoms with van der Waals surface area (Å²) in [6.07, 6.45) is 10.3. The Balaban J connectivity index is 1.62. The molecule has 2 heterocycles. The number of benzene rings is 1. The van der Waals surface area contributed by atoms with Crippen molar-refractivity contribution < 1.29 is 0 Å². The second-order valence-electron chi connectivity index (χ2n) is 8.35. The van der Waals surface area contributed by atoms with Crippen molar-refractivity contribution >= 4 is 23.3 Å². The fourth-order valence-corrected chi connectivity index (χ4v) is 4.35. The molecule has 150 valence electrons. The van der Waals surface area contributed by atoms with Crippen LogP contribution in [0.3, 0.4) is 0 Å². The number of nitrogens with one attached hydrogen (secondary N) is 1. The van der Waals surface area contributed by atoms with Crippen LogP contribution in [0.15, 0.2) is 30.3 Å². The minimum atomic E-state index is 0.553. The summed E-state index contributed by atoms with van der Waals surface area (Å²) >= 11 is 0. The lowest BCUT2D eigenvalue weighted by atomic mass is 9.95. The van der Waals surface area contributed by atoms with Gasteiger partial charge in [-0.3, -0.25) is 0 Å². The quantitative estimate of drug-likeness (QED) is 0.765. The topological polar surface area (TPSA) is 44.3 Å². The van der Waals surface area contributed by atoms with Crippen molar-refractivity contribution in [3.8, 4) is 0 Å². The Morgan fingerprint density at radius 1 is 0.929 bits per heavy atom. The first-order valence-corrected chi connectivity index (χ1v) is 10.9. The fraction of sp³-hybridized carbons (Fsp3) is 0.565. The molecule has 2 aliphatic rings. The molecule has 0 atom stereocenters. The Bertz CT molecular complexity index is 761. The Morgan fingerprint density at radius 3 is 2.32 bits per heavy atom. The van der Waals surface area contributed by atoms with Crippen LogP contribution in [0.5, 0.6) is 0 Å². The Morgan fingerprint density at radius 2 is 1.61 bits per heavy atom. The number of hydrogen-bond acceptors (Lipinski definition) is 5. The van der Waals surface area contributed by atoms with Crippen LogP contribution in [0.1, 0.15) is 56.9 Å². The highest BCUT2D eigenvalue weighted by atomic mass is 15.3. The van der Waals surface area contributed by atoms with Crippen LogP contribution in [-0.2, 0) is 0 Å². The third-order valence-electron chi connectivity index (χ3n) is 6.14. The Labute approximate surface area is 169 Å². The lowest BCUT2D eigenvalue weighted by molar-refractivity contribution is 0.424. The van der Waals surface area contributed by atoms with E-state index in [1.807, 2.05) is 0 Å². The van der Waals surface area contributed by atoms with Gasteiger partial charge < -0.3 is 15.1 Å². The number of piperidine rings is 1. The monoisotopic (exact) mass is 379 g/mol. The van der Waals surface area contributed by atoms with E-state index < -0.39 is 0 Å². The minimum absolute atomic E-state index is 0.553. The number of rotatable bonds is 5. The summed E-state index contributed by atoms with van der Waals surface area (Å²) in [4.78, 5) is 14.6. The molecule has 28 heavy (non-hydrogen) atoms. The average molecular weight is 380 g/mol. The average Bonchev–Trinajstić information content (AvgIpc) is 2.76. The molecule has 1 N–H and O–H groups in total. The number of nitrogens with zero attached hydrogens (tertiary/aromatic N) is 4. The van der Waals surface area contributed by atoms with Crippen LogP contribution < -0.4 is 15.1 Å². The first-order chi connectivity index (χ1) is 13.7. The zero-order chi connectivity index (χ0) is 19.3. The van der Waals surface area contributed by atoms with E-state index in [1.54, 1.807) is 0 Å². The van der Waals surface area contributed by atoms with Crippen molar-refractivity contribution in [3.63, 3.8) is 0 Å². The van der Waals surface area contributed by atoms with Gasteiger partial charge in [-0.05, 0) is 51.2 Å². The van der Waals surface area contributed by atoms with E-state index in [9.17, 15) is 0 Å². The van der Waals surface area contributed by atoms with E-state index >= 15 is 0 Å². The predicted molar refractivity (Wildman–Crippen MR) is 118 cm³/mol. The highest BCUT2D eigenvalue weighted by Crippen LogP contribution is 2.29. The van der Waals surface area contributed by atoms with Gasteiger partial charge in [0.15, 0.2) is 0 Å². The van der Waals surface area contributed by atoms with E-state index in [2.05, 4.69) is 59.4 Å². The maximum atomic E-state index is 4.99. The van der Waals surface area contributed by atoms with Gasteiger partial charge in [-0.25, -0.2) is 0 Å². The van der Waals surface area contributed by atoms with Crippen LogP contribution in [-0.4, -0.2) is 36.1 Å². The van der Waals surface area contributed by atoms with E-state index in [4.69, 9.17) is 9.97 Å². The molecule has 2 aromatic rings. The van der Waals surface area contributed by atoms with Gasteiger partial charge in [0.05, 0.1) is 0 Å². The van der Waals surface area contributed by atoms with Crippen molar-refractivity contribution in [2.45, 2.75) is 64.3 Å². The molecule has 0 unspecified atom stereocenters. The van der Waals surface area contributed by atoms with Crippen LogP contribution in [0, 0.1) is 6.92 Å². The molecule has 0 bridgehead atoms.